The SMILES string of the molecule is C=C1C(C)=Nc2c(nc([O-])[nH]c2=O)N1C. The predicted octanol–water partition coefficient (Wildman–Crippen LogP) is -0.101. The van der Waals surface area contributed by atoms with Gasteiger partial charge in [0, 0.05) is 7.05 Å². The Balaban J connectivity index is 2.78. The van der Waals surface area contributed by atoms with Crippen LogP contribution in [-0.4, -0.2) is 22.7 Å². The second-order valence-corrected chi connectivity index (χ2v) is 3.25. The monoisotopic (exact) mass is 205 g/mol. The van der Waals surface area contributed by atoms with Gasteiger partial charge in [0.1, 0.15) is 0 Å². The van der Waals surface area contributed by atoms with E-state index in [2.05, 4.69) is 21.5 Å². The van der Waals surface area contributed by atoms with Crippen LogP contribution in [0.1, 0.15) is 6.92 Å². The highest BCUT2D eigenvalue weighted by Crippen LogP contribution is 2.29. The van der Waals surface area contributed by atoms with Crippen molar-refractivity contribution < 1.29 is 5.11 Å². The average molecular weight is 205 g/mol. The summed E-state index contributed by atoms with van der Waals surface area (Å²) < 4.78 is 0. The fourth-order valence-electron chi connectivity index (χ4n) is 1.37. The summed E-state index contributed by atoms with van der Waals surface area (Å²) in [6, 6.07) is -0.673. The summed E-state index contributed by atoms with van der Waals surface area (Å²) in [4.78, 5) is 22.8. The van der Waals surface area contributed by atoms with Crippen LogP contribution in [0.25, 0.3) is 0 Å². The Morgan fingerprint density at radius 2 is 2.20 bits per heavy atom. The highest BCUT2D eigenvalue weighted by molar-refractivity contribution is 6.05. The Hall–Kier alpha value is -2.11. The zero-order valence-corrected chi connectivity index (χ0v) is 8.37. The zero-order chi connectivity index (χ0) is 11.2. The summed E-state index contributed by atoms with van der Waals surface area (Å²) >= 11 is 0. The molecule has 0 aromatic carbocycles. The molecule has 0 spiro atoms. The van der Waals surface area contributed by atoms with Crippen molar-refractivity contribution in [1.29, 1.82) is 0 Å². The van der Waals surface area contributed by atoms with Gasteiger partial charge in [-0.1, -0.05) is 6.58 Å². The minimum Gasteiger partial charge on any atom is -0.846 e. The molecule has 0 amide bonds. The molecule has 1 aliphatic rings. The van der Waals surface area contributed by atoms with Crippen molar-refractivity contribution in [3.05, 3.63) is 22.6 Å². The summed E-state index contributed by atoms with van der Waals surface area (Å²) in [5.74, 6) is 0.249. The van der Waals surface area contributed by atoms with Gasteiger partial charge >= 0.3 is 0 Å². The van der Waals surface area contributed by atoms with E-state index in [0.29, 0.717) is 11.4 Å². The molecule has 6 heteroatoms. The summed E-state index contributed by atoms with van der Waals surface area (Å²) in [6.45, 7) is 5.52. The molecule has 0 atom stereocenters. The van der Waals surface area contributed by atoms with E-state index in [1.54, 1.807) is 18.9 Å². The Kier molecular flexibility index (Phi) is 1.85. The summed E-state index contributed by atoms with van der Waals surface area (Å²) in [7, 11) is 1.69. The molecule has 0 saturated carbocycles. The maximum atomic E-state index is 11.4. The summed E-state index contributed by atoms with van der Waals surface area (Å²) in [6.07, 6.45) is 0. The molecule has 0 fully saturated rings. The van der Waals surface area contributed by atoms with Crippen molar-refractivity contribution >= 4 is 17.2 Å². The summed E-state index contributed by atoms with van der Waals surface area (Å²) in [5, 5.41) is 11.0. The van der Waals surface area contributed by atoms with Crippen LogP contribution in [0.2, 0.25) is 0 Å². The fourth-order valence-corrected chi connectivity index (χ4v) is 1.37. The molecule has 0 saturated heterocycles. The molecule has 0 aliphatic carbocycles. The Labute approximate surface area is 85.6 Å². The molecular formula is C9H9N4O2-. The van der Waals surface area contributed by atoms with Gasteiger partial charge in [0.2, 0.25) is 0 Å². The van der Waals surface area contributed by atoms with Crippen molar-refractivity contribution in [3.8, 4) is 6.01 Å². The van der Waals surface area contributed by atoms with E-state index in [-0.39, 0.29) is 11.5 Å². The lowest BCUT2D eigenvalue weighted by molar-refractivity contribution is -0.281. The van der Waals surface area contributed by atoms with Crippen LogP contribution in [0.15, 0.2) is 22.1 Å². The number of nitrogens with one attached hydrogen (secondary N) is 1. The zero-order valence-electron chi connectivity index (χ0n) is 8.37. The van der Waals surface area contributed by atoms with Crippen LogP contribution in [0.4, 0.5) is 11.5 Å². The molecule has 1 aromatic rings. The maximum absolute atomic E-state index is 11.4. The lowest BCUT2D eigenvalue weighted by Crippen LogP contribution is -2.28. The predicted molar refractivity (Wildman–Crippen MR) is 54.6 cm³/mol. The molecule has 2 rings (SSSR count). The average Bonchev–Trinajstić information content (AvgIpc) is 2.17. The number of hydrogen-bond donors (Lipinski definition) is 1. The van der Waals surface area contributed by atoms with E-state index in [1.807, 2.05) is 0 Å². The molecule has 0 radical (unpaired) electrons. The van der Waals surface area contributed by atoms with E-state index in [0.717, 1.165) is 0 Å². The lowest BCUT2D eigenvalue weighted by atomic mass is 10.2. The minimum absolute atomic E-state index is 0.155. The quantitative estimate of drug-likeness (QED) is 0.640. The van der Waals surface area contributed by atoms with E-state index >= 15 is 0 Å². The van der Waals surface area contributed by atoms with E-state index < -0.39 is 11.6 Å². The van der Waals surface area contributed by atoms with Gasteiger partial charge in [0.25, 0.3) is 5.56 Å². The molecule has 6 nitrogen and oxygen atoms in total. The van der Waals surface area contributed by atoms with Gasteiger partial charge in [-0.15, -0.1) is 0 Å². The first-order chi connectivity index (χ1) is 7.00. The van der Waals surface area contributed by atoms with E-state index in [9.17, 15) is 9.90 Å². The van der Waals surface area contributed by atoms with Gasteiger partial charge in [-0.2, -0.15) is 0 Å². The third-order valence-electron chi connectivity index (χ3n) is 2.27. The first kappa shape index (κ1) is 9.45. The van der Waals surface area contributed by atoms with E-state index in [4.69, 9.17) is 0 Å². The Morgan fingerprint density at radius 3 is 2.87 bits per heavy atom. The number of H-pyrrole nitrogens is 1. The second kappa shape index (κ2) is 2.94. The van der Waals surface area contributed by atoms with Crippen molar-refractivity contribution in [3.63, 3.8) is 0 Å². The largest absolute Gasteiger partial charge is 0.846 e. The number of nitrogens with zero attached hydrogens (tertiary/aromatic N) is 3. The van der Waals surface area contributed by atoms with Crippen molar-refractivity contribution in [1.82, 2.24) is 9.97 Å². The molecular weight excluding hydrogens is 196 g/mol. The highest BCUT2D eigenvalue weighted by atomic mass is 16.3. The number of aliphatic imine (C=N–C) groups is 1. The van der Waals surface area contributed by atoms with Gasteiger partial charge in [-0.25, -0.2) is 9.98 Å². The topological polar surface area (TPSA) is 84.4 Å². The van der Waals surface area contributed by atoms with Gasteiger partial charge in [0.05, 0.1) is 17.4 Å². The number of rotatable bonds is 0. The van der Waals surface area contributed by atoms with Crippen LogP contribution in [0, 0.1) is 0 Å². The standard InChI is InChI=1S/C9H10N4O2/c1-4-5(2)13(3)7-6(10-4)8(14)12-9(15)11-7/h2H2,1,3H3,(H2,11,12,14,15)/p-1. The summed E-state index contributed by atoms with van der Waals surface area (Å²) in [5.41, 5.74) is 0.890. The van der Waals surface area contributed by atoms with Crippen LogP contribution in [-0.2, 0) is 0 Å². The third kappa shape index (κ3) is 1.30. The molecule has 78 valence electrons. The van der Waals surface area contributed by atoms with Crippen molar-refractivity contribution in [2.45, 2.75) is 6.92 Å². The number of fused-ring (bicyclic) bond motifs is 1. The molecule has 2 heterocycles. The molecule has 15 heavy (non-hydrogen) atoms. The smallest absolute Gasteiger partial charge is 0.278 e. The molecule has 0 unspecified atom stereocenters. The van der Waals surface area contributed by atoms with Gasteiger partial charge in [0.15, 0.2) is 11.5 Å². The van der Waals surface area contributed by atoms with Crippen molar-refractivity contribution in [2.24, 2.45) is 4.99 Å². The number of aromatic nitrogens is 2. The normalized spacial score (nSPS) is 14.9. The first-order valence-electron chi connectivity index (χ1n) is 4.30. The molecule has 1 N–H and O–H groups in total. The first-order valence-corrected chi connectivity index (χ1v) is 4.30. The van der Waals surface area contributed by atoms with Crippen LogP contribution in [0.3, 0.4) is 0 Å². The number of hydrogen-bond acceptors (Lipinski definition) is 5. The van der Waals surface area contributed by atoms with Crippen LogP contribution < -0.4 is 15.6 Å². The lowest BCUT2D eigenvalue weighted by Gasteiger charge is -2.26. The van der Waals surface area contributed by atoms with Gasteiger partial charge in [-0.3, -0.25) is 4.79 Å². The minimum atomic E-state index is -0.673. The van der Waals surface area contributed by atoms with Crippen molar-refractivity contribution in [2.75, 3.05) is 11.9 Å². The second-order valence-electron chi connectivity index (χ2n) is 3.25. The van der Waals surface area contributed by atoms with E-state index in [1.165, 1.54) is 0 Å². The number of anilines is 1. The number of aromatic amines is 1. The highest BCUT2D eigenvalue weighted by Gasteiger charge is 2.21. The molecule has 1 aromatic heterocycles. The fraction of sp³-hybridized carbons (Fsp3) is 0.222. The number of allylic oxidation sites excluding steroid dienone is 1. The Morgan fingerprint density at radius 1 is 1.53 bits per heavy atom. The maximum Gasteiger partial charge on any atom is 0.278 e. The van der Waals surface area contributed by atoms with Gasteiger partial charge in [-0.05, 0) is 6.92 Å². The van der Waals surface area contributed by atoms with Crippen LogP contribution in [0.5, 0.6) is 6.01 Å². The third-order valence-corrected chi connectivity index (χ3v) is 2.27. The van der Waals surface area contributed by atoms with Gasteiger partial charge < -0.3 is 15.0 Å². The van der Waals surface area contributed by atoms with Crippen LogP contribution >= 0.6 is 0 Å². The molecule has 0 bridgehead atoms. The molecule has 1 aliphatic heterocycles. The Bertz CT molecular complexity index is 529.